The van der Waals surface area contributed by atoms with Crippen LogP contribution in [0.5, 0.6) is 5.75 Å². The van der Waals surface area contributed by atoms with Gasteiger partial charge in [-0.3, -0.25) is 14.6 Å². The van der Waals surface area contributed by atoms with Crippen LogP contribution in [0.15, 0.2) is 47.3 Å². The third-order valence-corrected chi connectivity index (χ3v) is 6.05. The number of nitrogens with zero attached hydrogens (tertiary/aromatic N) is 3. The van der Waals surface area contributed by atoms with Crippen LogP contribution >= 0.6 is 11.6 Å². The molecule has 0 N–H and O–H groups in total. The van der Waals surface area contributed by atoms with Crippen molar-refractivity contribution in [2.45, 2.75) is 27.7 Å². The minimum Gasteiger partial charge on any atom is -0.423 e. The van der Waals surface area contributed by atoms with Crippen LogP contribution in [-0.4, -0.2) is 20.7 Å². The fourth-order valence-corrected chi connectivity index (χ4v) is 4.05. The number of carbonyl (C=O) groups is 1. The van der Waals surface area contributed by atoms with Crippen LogP contribution < -0.4 is 10.3 Å². The molecule has 0 bridgehead atoms. The van der Waals surface area contributed by atoms with E-state index in [-0.39, 0.29) is 33.2 Å². The number of aryl methyl sites for hydroxylation is 3. The minimum atomic E-state index is -0.679. The van der Waals surface area contributed by atoms with E-state index in [1.165, 1.54) is 19.2 Å². The van der Waals surface area contributed by atoms with Gasteiger partial charge in [0.15, 0.2) is 5.75 Å². The minimum absolute atomic E-state index is 0.0607. The average molecular weight is 506 g/mol. The first-order valence-corrected chi connectivity index (χ1v) is 11.8. The third-order valence-electron chi connectivity index (χ3n) is 5.72. The predicted molar refractivity (Wildman–Crippen MR) is 140 cm³/mol. The van der Waals surface area contributed by atoms with E-state index in [9.17, 15) is 9.59 Å². The Kier molecular flexibility index (Phi) is 7.04. The predicted octanol–water partition coefficient (Wildman–Crippen LogP) is 6.14. The lowest BCUT2D eigenvalue weighted by atomic mass is 9.97. The lowest BCUT2D eigenvalue weighted by Gasteiger charge is -2.17. The normalized spacial score (nSPS) is 11.6. The number of hydrogen-bond acceptors (Lipinski definition) is 5. The number of rotatable bonds is 5. The summed E-state index contributed by atoms with van der Waals surface area (Å²) in [4.78, 5) is 30.2. The molecule has 0 atom stereocenters. The molecule has 0 spiro atoms. The zero-order valence-electron chi connectivity index (χ0n) is 20.6. The lowest BCUT2D eigenvalue weighted by molar-refractivity contribution is -0.137. The van der Waals surface area contributed by atoms with Crippen molar-refractivity contribution in [3.05, 3.63) is 86.2 Å². The van der Waals surface area contributed by atoms with E-state index >= 15 is 4.39 Å². The van der Waals surface area contributed by atoms with Crippen LogP contribution in [0.1, 0.15) is 36.4 Å². The summed E-state index contributed by atoms with van der Waals surface area (Å²) in [6.45, 7) is 6.86. The maximum absolute atomic E-state index is 15.4. The number of halogens is 2. The van der Waals surface area contributed by atoms with Crippen molar-refractivity contribution in [3.8, 4) is 16.9 Å². The van der Waals surface area contributed by atoms with Gasteiger partial charge in [0.25, 0.3) is 5.56 Å². The van der Waals surface area contributed by atoms with Crippen LogP contribution in [-0.2, 0) is 11.8 Å². The number of pyridine rings is 1. The summed E-state index contributed by atoms with van der Waals surface area (Å²) in [6.07, 6.45) is 3.43. The van der Waals surface area contributed by atoms with Crippen LogP contribution in [0.2, 0.25) is 5.02 Å². The Hall–Kier alpha value is -3.84. The average Bonchev–Trinajstić information content (AvgIpc) is 2.83. The highest BCUT2D eigenvalue weighted by Crippen LogP contribution is 2.37. The van der Waals surface area contributed by atoms with Gasteiger partial charge in [0.2, 0.25) is 0 Å². The molecule has 0 amide bonds. The standard InChI is InChI=1S/C28H25ClFN3O3/c1-15(2)28(35)36-26-17(4)32-33(5)27(34)25(26)24-20(21(29)11-12-22(24)30)10-7-18-8-13-23-19(14-18)9-6-16(3)31-23/h6-15H,1-5H3/b10-7+. The van der Waals surface area contributed by atoms with Crippen molar-refractivity contribution >= 4 is 40.6 Å². The molecule has 36 heavy (non-hydrogen) atoms. The first-order chi connectivity index (χ1) is 17.1. The van der Waals surface area contributed by atoms with Gasteiger partial charge < -0.3 is 4.74 Å². The molecule has 0 saturated heterocycles. The number of carbonyl (C=O) groups excluding carboxylic acids is 1. The molecule has 2 heterocycles. The Morgan fingerprint density at radius 3 is 2.56 bits per heavy atom. The summed E-state index contributed by atoms with van der Waals surface area (Å²) in [7, 11) is 1.45. The Morgan fingerprint density at radius 1 is 1.08 bits per heavy atom. The number of esters is 1. The largest absolute Gasteiger partial charge is 0.423 e. The van der Waals surface area contributed by atoms with E-state index in [1.54, 1.807) is 32.9 Å². The quantitative estimate of drug-likeness (QED) is 0.241. The summed E-state index contributed by atoms with van der Waals surface area (Å²) < 4.78 is 22.0. The van der Waals surface area contributed by atoms with Crippen LogP contribution in [0, 0.1) is 25.6 Å². The second-order valence-corrected chi connectivity index (χ2v) is 9.26. The summed E-state index contributed by atoms with van der Waals surface area (Å²) in [5, 5.41) is 5.32. The molecule has 2 aromatic heterocycles. The molecule has 0 radical (unpaired) electrons. The molecule has 0 aliphatic rings. The molecule has 4 rings (SSSR count). The fourth-order valence-electron chi connectivity index (χ4n) is 3.83. The van der Waals surface area contributed by atoms with Gasteiger partial charge in [-0.15, -0.1) is 0 Å². The van der Waals surface area contributed by atoms with E-state index in [0.29, 0.717) is 0 Å². The Morgan fingerprint density at radius 2 is 1.83 bits per heavy atom. The monoisotopic (exact) mass is 505 g/mol. The fraction of sp³-hybridized carbons (Fsp3) is 0.214. The second kappa shape index (κ2) is 10.0. The SMILES string of the molecule is Cc1ccc2cc(/C=C/c3c(Cl)ccc(F)c3-c3c(OC(=O)C(C)C)c(C)nn(C)c3=O)ccc2n1. The number of aromatic nitrogens is 3. The van der Waals surface area contributed by atoms with Crippen molar-refractivity contribution in [1.82, 2.24) is 14.8 Å². The van der Waals surface area contributed by atoms with E-state index in [2.05, 4.69) is 10.1 Å². The maximum Gasteiger partial charge on any atom is 0.313 e. The van der Waals surface area contributed by atoms with Gasteiger partial charge in [-0.25, -0.2) is 9.07 Å². The van der Waals surface area contributed by atoms with Crippen molar-refractivity contribution in [2.75, 3.05) is 0 Å². The molecular weight excluding hydrogens is 481 g/mol. The lowest BCUT2D eigenvalue weighted by Crippen LogP contribution is -2.26. The molecule has 0 unspecified atom stereocenters. The highest BCUT2D eigenvalue weighted by Gasteiger charge is 2.26. The molecular formula is C28H25ClFN3O3. The molecule has 0 fully saturated rings. The Balaban J connectivity index is 1.91. The van der Waals surface area contributed by atoms with Gasteiger partial charge in [-0.2, -0.15) is 5.10 Å². The van der Waals surface area contributed by atoms with E-state index in [4.69, 9.17) is 16.3 Å². The molecule has 4 aromatic rings. The first-order valence-electron chi connectivity index (χ1n) is 11.4. The van der Waals surface area contributed by atoms with Gasteiger partial charge in [-0.1, -0.05) is 49.7 Å². The highest BCUT2D eigenvalue weighted by molar-refractivity contribution is 6.32. The summed E-state index contributed by atoms with van der Waals surface area (Å²) in [5.41, 5.74) is 2.39. The molecule has 8 heteroatoms. The summed E-state index contributed by atoms with van der Waals surface area (Å²) in [6, 6.07) is 12.3. The summed E-state index contributed by atoms with van der Waals surface area (Å²) in [5.74, 6) is -1.79. The number of hydrogen-bond donors (Lipinski definition) is 0. The number of benzene rings is 2. The zero-order valence-corrected chi connectivity index (χ0v) is 21.4. The molecule has 0 aliphatic carbocycles. The topological polar surface area (TPSA) is 74.1 Å². The van der Waals surface area contributed by atoms with Gasteiger partial charge in [0.05, 0.1) is 17.0 Å². The van der Waals surface area contributed by atoms with Crippen LogP contribution in [0.25, 0.3) is 34.2 Å². The summed E-state index contributed by atoms with van der Waals surface area (Å²) >= 11 is 6.51. The van der Waals surface area contributed by atoms with E-state index in [1.807, 2.05) is 37.3 Å². The molecule has 2 aromatic carbocycles. The Bertz CT molecular complexity index is 1590. The molecule has 184 valence electrons. The van der Waals surface area contributed by atoms with Crippen molar-refractivity contribution in [2.24, 2.45) is 13.0 Å². The number of fused-ring (bicyclic) bond motifs is 1. The first kappa shape index (κ1) is 25.3. The maximum atomic E-state index is 15.4. The Labute approximate surface area is 213 Å². The highest BCUT2D eigenvalue weighted by atomic mass is 35.5. The van der Waals surface area contributed by atoms with Crippen molar-refractivity contribution in [1.29, 1.82) is 0 Å². The van der Waals surface area contributed by atoms with Crippen molar-refractivity contribution in [3.63, 3.8) is 0 Å². The van der Waals surface area contributed by atoms with Gasteiger partial charge in [0, 0.05) is 34.3 Å². The van der Waals surface area contributed by atoms with Crippen LogP contribution in [0.4, 0.5) is 4.39 Å². The second-order valence-electron chi connectivity index (χ2n) is 8.85. The number of ether oxygens (including phenoxy) is 1. The van der Waals surface area contributed by atoms with E-state index < -0.39 is 23.3 Å². The third kappa shape index (κ3) is 4.93. The molecule has 6 nitrogen and oxygen atoms in total. The van der Waals surface area contributed by atoms with Crippen LogP contribution in [0.3, 0.4) is 0 Å². The van der Waals surface area contributed by atoms with E-state index in [0.717, 1.165) is 26.8 Å². The van der Waals surface area contributed by atoms with Gasteiger partial charge in [0.1, 0.15) is 11.5 Å². The smallest absolute Gasteiger partial charge is 0.313 e. The molecule has 0 saturated carbocycles. The van der Waals surface area contributed by atoms with Crippen molar-refractivity contribution < 1.29 is 13.9 Å². The van der Waals surface area contributed by atoms with Gasteiger partial charge >= 0.3 is 5.97 Å². The van der Waals surface area contributed by atoms with Gasteiger partial charge in [-0.05, 0) is 49.7 Å². The zero-order chi connectivity index (χ0) is 26.1. The molecule has 0 aliphatic heterocycles.